The van der Waals surface area contributed by atoms with E-state index in [2.05, 4.69) is 10.6 Å². The van der Waals surface area contributed by atoms with E-state index in [1.165, 1.54) is 12.1 Å². The largest absolute Gasteiger partial charge is 0.478 e. The predicted molar refractivity (Wildman–Crippen MR) is 69.9 cm³/mol. The lowest BCUT2D eigenvalue weighted by Gasteiger charge is -2.11. The molecule has 1 aromatic rings. The number of benzene rings is 1. The zero-order chi connectivity index (χ0) is 14.3. The number of nitrogens with one attached hydrogen (secondary N) is 2. The second-order valence-electron chi connectivity index (χ2n) is 4.35. The Balaban J connectivity index is 2.35. The summed E-state index contributed by atoms with van der Waals surface area (Å²) >= 11 is 0. The Morgan fingerprint density at radius 2 is 1.84 bits per heavy atom. The Hall–Kier alpha value is -2.08. The number of aliphatic hydroxyl groups is 1. The first kappa shape index (κ1) is 15.0. The van der Waals surface area contributed by atoms with Crippen LogP contribution >= 0.6 is 0 Å². The third-order valence-corrected chi connectivity index (χ3v) is 2.58. The molecule has 0 aromatic heterocycles. The van der Waals surface area contributed by atoms with Crippen LogP contribution in [0.1, 0.15) is 22.8 Å². The van der Waals surface area contributed by atoms with Gasteiger partial charge in [0.05, 0.1) is 5.56 Å². The normalized spacial score (nSPS) is 11.7. The van der Waals surface area contributed by atoms with Gasteiger partial charge in [-0.15, -0.1) is 0 Å². The van der Waals surface area contributed by atoms with Gasteiger partial charge in [-0.1, -0.05) is 19.1 Å². The molecule has 2 amide bonds. The Kier molecular flexibility index (Phi) is 5.81. The molecule has 1 unspecified atom stereocenters. The number of urea groups is 1. The fourth-order valence-electron chi connectivity index (χ4n) is 1.34. The Bertz CT molecular complexity index is 431. The van der Waals surface area contributed by atoms with Crippen LogP contribution in [-0.4, -0.2) is 35.4 Å². The van der Waals surface area contributed by atoms with E-state index in [1.54, 1.807) is 12.1 Å². The average Bonchev–Trinajstić information content (AvgIpc) is 2.42. The molecule has 0 saturated heterocycles. The van der Waals surface area contributed by atoms with E-state index in [9.17, 15) is 9.59 Å². The third kappa shape index (κ3) is 5.39. The molecule has 6 nitrogen and oxygen atoms in total. The Labute approximate surface area is 111 Å². The predicted octanol–water partition coefficient (Wildman–Crippen LogP) is 0.812. The van der Waals surface area contributed by atoms with Crippen molar-refractivity contribution in [2.24, 2.45) is 5.92 Å². The topological polar surface area (TPSA) is 98.7 Å². The van der Waals surface area contributed by atoms with E-state index >= 15 is 0 Å². The number of carboxylic acids is 1. The molecule has 4 N–H and O–H groups in total. The minimum atomic E-state index is -0.977. The van der Waals surface area contributed by atoms with Gasteiger partial charge in [0, 0.05) is 19.7 Å². The number of rotatable bonds is 6. The highest BCUT2D eigenvalue weighted by Gasteiger charge is 2.05. The molecule has 19 heavy (non-hydrogen) atoms. The number of aromatic carboxylic acids is 1. The van der Waals surface area contributed by atoms with Crippen molar-refractivity contribution in [3.05, 3.63) is 35.4 Å². The lowest BCUT2D eigenvalue weighted by Crippen LogP contribution is -2.38. The first-order valence-corrected chi connectivity index (χ1v) is 5.97. The van der Waals surface area contributed by atoms with Crippen molar-refractivity contribution in [1.82, 2.24) is 10.6 Å². The number of carbonyl (C=O) groups excluding carboxylic acids is 1. The summed E-state index contributed by atoms with van der Waals surface area (Å²) < 4.78 is 0. The molecule has 0 aliphatic heterocycles. The van der Waals surface area contributed by atoms with Crippen molar-refractivity contribution in [1.29, 1.82) is 0 Å². The maximum Gasteiger partial charge on any atom is 0.335 e. The maximum atomic E-state index is 11.4. The summed E-state index contributed by atoms with van der Waals surface area (Å²) in [6, 6.07) is 5.97. The summed E-state index contributed by atoms with van der Waals surface area (Å²) in [6.07, 6.45) is 0. The molecule has 0 aliphatic carbocycles. The lowest BCUT2D eigenvalue weighted by molar-refractivity contribution is 0.0697. The van der Waals surface area contributed by atoms with Crippen molar-refractivity contribution in [2.45, 2.75) is 13.5 Å². The quantitative estimate of drug-likeness (QED) is 0.612. The van der Waals surface area contributed by atoms with Crippen LogP contribution in [0, 0.1) is 5.92 Å². The van der Waals surface area contributed by atoms with Crippen LogP contribution in [0.4, 0.5) is 4.79 Å². The monoisotopic (exact) mass is 266 g/mol. The molecule has 1 rings (SSSR count). The molecule has 104 valence electrons. The SMILES string of the molecule is CC(CO)CNC(=O)NCc1ccc(C(=O)O)cc1. The van der Waals surface area contributed by atoms with Gasteiger partial charge in [-0.2, -0.15) is 0 Å². The highest BCUT2D eigenvalue weighted by atomic mass is 16.4. The summed E-state index contributed by atoms with van der Waals surface area (Å²) in [5.74, 6) is -0.962. The molecule has 0 bridgehead atoms. The first-order chi connectivity index (χ1) is 9.02. The van der Waals surface area contributed by atoms with Gasteiger partial charge in [-0.25, -0.2) is 9.59 Å². The molecule has 1 atom stereocenters. The van der Waals surface area contributed by atoms with Gasteiger partial charge >= 0.3 is 12.0 Å². The summed E-state index contributed by atoms with van der Waals surface area (Å²) in [6.45, 7) is 2.57. The number of carbonyl (C=O) groups is 2. The number of hydrogen-bond donors (Lipinski definition) is 4. The molecule has 0 radical (unpaired) electrons. The minimum Gasteiger partial charge on any atom is -0.478 e. The zero-order valence-electron chi connectivity index (χ0n) is 10.7. The van der Waals surface area contributed by atoms with Crippen LogP contribution in [0.25, 0.3) is 0 Å². The van der Waals surface area contributed by atoms with Gasteiger partial charge in [-0.05, 0) is 23.6 Å². The average molecular weight is 266 g/mol. The number of amides is 2. The van der Waals surface area contributed by atoms with Crippen molar-refractivity contribution >= 4 is 12.0 Å². The summed E-state index contributed by atoms with van der Waals surface area (Å²) in [5, 5.41) is 22.8. The van der Waals surface area contributed by atoms with Gasteiger partial charge in [-0.3, -0.25) is 0 Å². The molecule has 1 aromatic carbocycles. The highest BCUT2D eigenvalue weighted by molar-refractivity contribution is 5.87. The summed E-state index contributed by atoms with van der Waals surface area (Å²) in [4.78, 5) is 22.1. The van der Waals surface area contributed by atoms with Gasteiger partial charge < -0.3 is 20.8 Å². The Morgan fingerprint density at radius 3 is 2.37 bits per heavy atom. The van der Waals surface area contributed by atoms with Crippen LogP contribution in [0.15, 0.2) is 24.3 Å². The first-order valence-electron chi connectivity index (χ1n) is 5.97. The van der Waals surface area contributed by atoms with Crippen LogP contribution in [-0.2, 0) is 6.54 Å². The molecule has 6 heteroatoms. The molecule has 0 fully saturated rings. The minimum absolute atomic E-state index is 0.0144. The van der Waals surface area contributed by atoms with Crippen LogP contribution in [0.5, 0.6) is 0 Å². The summed E-state index contributed by atoms with van der Waals surface area (Å²) in [5.41, 5.74) is 1.03. The molecule has 0 spiro atoms. The number of aliphatic hydroxyl groups excluding tert-OH is 1. The van der Waals surface area contributed by atoms with E-state index in [-0.39, 0.29) is 24.1 Å². The van der Waals surface area contributed by atoms with Gasteiger partial charge in [0.15, 0.2) is 0 Å². The molecular weight excluding hydrogens is 248 g/mol. The standard InChI is InChI=1S/C13H18N2O4/c1-9(8-16)6-14-13(19)15-7-10-2-4-11(5-3-10)12(17)18/h2-5,9,16H,6-8H2,1H3,(H,17,18)(H2,14,15,19). The summed E-state index contributed by atoms with van der Waals surface area (Å²) in [7, 11) is 0. The van der Waals surface area contributed by atoms with E-state index < -0.39 is 5.97 Å². The fraction of sp³-hybridized carbons (Fsp3) is 0.385. The van der Waals surface area contributed by atoms with Crippen molar-refractivity contribution in [3.8, 4) is 0 Å². The van der Waals surface area contributed by atoms with Crippen molar-refractivity contribution in [2.75, 3.05) is 13.2 Å². The van der Waals surface area contributed by atoms with Crippen molar-refractivity contribution < 1.29 is 19.8 Å². The van der Waals surface area contributed by atoms with Gasteiger partial charge in [0.25, 0.3) is 0 Å². The van der Waals surface area contributed by atoms with Crippen molar-refractivity contribution in [3.63, 3.8) is 0 Å². The molecule has 0 saturated carbocycles. The van der Waals surface area contributed by atoms with Gasteiger partial charge in [0.2, 0.25) is 0 Å². The smallest absolute Gasteiger partial charge is 0.335 e. The third-order valence-electron chi connectivity index (χ3n) is 2.58. The molecule has 0 aliphatic rings. The highest BCUT2D eigenvalue weighted by Crippen LogP contribution is 2.04. The van der Waals surface area contributed by atoms with E-state index in [0.29, 0.717) is 13.1 Å². The van der Waals surface area contributed by atoms with E-state index in [1.807, 2.05) is 6.92 Å². The molecule has 0 heterocycles. The number of carboxylic acid groups (broad SMARTS) is 1. The van der Waals surface area contributed by atoms with Crippen LogP contribution < -0.4 is 10.6 Å². The van der Waals surface area contributed by atoms with Gasteiger partial charge in [0.1, 0.15) is 0 Å². The zero-order valence-corrected chi connectivity index (χ0v) is 10.7. The van der Waals surface area contributed by atoms with E-state index in [0.717, 1.165) is 5.56 Å². The van der Waals surface area contributed by atoms with E-state index in [4.69, 9.17) is 10.2 Å². The van der Waals surface area contributed by atoms with Crippen LogP contribution in [0.2, 0.25) is 0 Å². The maximum absolute atomic E-state index is 11.4. The Morgan fingerprint density at radius 1 is 1.21 bits per heavy atom. The lowest BCUT2D eigenvalue weighted by atomic mass is 10.1. The second-order valence-corrected chi connectivity index (χ2v) is 4.35. The number of hydrogen-bond acceptors (Lipinski definition) is 3. The molecular formula is C13H18N2O4. The van der Waals surface area contributed by atoms with Crippen LogP contribution in [0.3, 0.4) is 0 Å². The second kappa shape index (κ2) is 7.38. The fourth-order valence-corrected chi connectivity index (χ4v) is 1.34.